The molecule has 3 rings (SSSR count). The molecule has 6 nitrogen and oxygen atoms in total. The summed E-state index contributed by atoms with van der Waals surface area (Å²) in [6, 6.07) is 7.67. The molecule has 128 valence electrons. The van der Waals surface area contributed by atoms with Crippen LogP contribution in [0.15, 0.2) is 53.7 Å². The Balaban J connectivity index is 1.85. The lowest BCUT2D eigenvalue weighted by molar-refractivity contribution is -0.137. The maximum Gasteiger partial charge on any atom is 0.418 e. The molecule has 0 atom stereocenters. The average molecular weight is 348 g/mol. The van der Waals surface area contributed by atoms with E-state index in [1.807, 2.05) is 0 Å². The number of halogens is 3. The van der Waals surface area contributed by atoms with E-state index in [2.05, 4.69) is 15.3 Å². The van der Waals surface area contributed by atoms with Crippen LogP contribution in [0.1, 0.15) is 5.56 Å². The van der Waals surface area contributed by atoms with Crippen LogP contribution in [0.3, 0.4) is 0 Å². The van der Waals surface area contributed by atoms with Gasteiger partial charge in [-0.3, -0.25) is 14.2 Å². The van der Waals surface area contributed by atoms with Crippen molar-refractivity contribution in [2.45, 2.75) is 12.7 Å². The highest BCUT2D eigenvalue weighted by atomic mass is 19.4. The molecule has 9 heteroatoms. The molecular weight excluding hydrogens is 337 g/mol. The molecule has 0 aliphatic heterocycles. The van der Waals surface area contributed by atoms with Crippen LogP contribution in [0.25, 0.3) is 11.0 Å². The molecule has 1 amide bonds. The van der Waals surface area contributed by atoms with E-state index in [4.69, 9.17) is 0 Å². The molecule has 0 aliphatic carbocycles. The van der Waals surface area contributed by atoms with E-state index < -0.39 is 29.8 Å². The van der Waals surface area contributed by atoms with Crippen LogP contribution in [0, 0.1) is 0 Å². The zero-order valence-corrected chi connectivity index (χ0v) is 12.6. The fourth-order valence-electron chi connectivity index (χ4n) is 2.29. The van der Waals surface area contributed by atoms with Crippen LogP contribution >= 0.6 is 0 Å². The molecule has 0 bridgehead atoms. The maximum absolute atomic E-state index is 12.9. The molecule has 1 aromatic carbocycles. The molecule has 1 N–H and O–H groups in total. The summed E-state index contributed by atoms with van der Waals surface area (Å²) in [5, 5.41) is 2.39. The number of alkyl halides is 3. The van der Waals surface area contributed by atoms with Gasteiger partial charge in [-0.15, -0.1) is 0 Å². The molecule has 0 unspecified atom stereocenters. The monoisotopic (exact) mass is 348 g/mol. The van der Waals surface area contributed by atoms with Gasteiger partial charge in [-0.1, -0.05) is 12.1 Å². The minimum atomic E-state index is -4.60. The normalized spacial score (nSPS) is 11.5. The first-order valence-electron chi connectivity index (χ1n) is 7.12. The summed E-state index contributed by atoms with van der Waals surface area (Å²) in [5.41, 5.74) is -1.61. The highest BCUT2D eigenvalue weighted by molar-refractivity contribution is 5.91. The Labute approximate surface area is 139 Å². The molecule has 0 aliphatic rings. The van der Waals surface area contributed by atoms with Crippen molar-refractivity contribution in [3.63, 3.8) is 0 Å². The number of fused-ring (bicyclic) bond motifs is 1. The van der Waals surface area contributed by atoms with Crippen molar-refractivity contribution in [1.29, 1.82) is 0 Å². The predicted octanol–water partition coefficient (Wildman–Crippen LogP) is 2.45. The van der Waals surface area contributed by atoms with E-state index in [1.54, 1.807) is 6.07 Å². The number of nitrogens with one attached hydrogen (secondary N) is 1. The maximum atomic E-state index is 12.9. The first-order chi connectivity index (χ1) is 11.9. The lowest BCUT2D eigenvalue weighted by atomic mass is 10.1. The summed E-state index contributed by atoms with van der Waals surface area (Å²) in [5.74, 6) is -0.774. The summed E-state index contributed by atoms with van der Waals surface area (Å²) in [7, 11) is 0. The molecule has 3 aromatic rings. The number of anilines is 1. The standard InChI is InChI=1S/C16H11F3N4O2/c17-16(18,19)11-5-1-2-6-12(11)22-13(24)8-23-9-21-14-10(15(23)25)4-3-7-20-14/h1-7,9H,8H2,(H,22,24). The number of hydrogen-bond donors (Lipinski definition) is 1. The second-order valence-electron chi connectivity index (χ2n) is 5.14. The van der Waals surface area contributed by atoms with Crippen LogP contribution in [0.2, 0.25) is 0 Å². The van der Waals surface area contributed by atoms with Crippen molar-refractivity contribution in [2.24, 2.45) is 0 Å². The number of rotatable bonds is 3. The molecule has 0 fully saturated rings. The van der Waals surface area contributed by atoms with Crippen LogP contribution in [-0.2, 0) is 17.5 Å². The summed E-state index contributed by atoms with van der Waals surface area (Å²) >= 11 is 0. The average Bonchev–Trinajstić information content (AvgIpc) is 2.57. The minimum Gasteiger partial charge on any atom is -0.324 e. The number of amides is 1. The van der Waals surface area contributed by atoms with Gasteiger partial charge in [0.15, 0.2) is 5.65 Å². The van der Waals surface area contributed by atoms with E-state index in [-0.39, 0.29) is 16.7 Å². The molecule has 0 saturated heterocycles. The lowest BCUT2D eigenvalue weighted by Gasteiger charge is -2.14. The fourth-order valence-corrected chi connectivity index (χ4v) is 2.29. The van der Waals surface area contributed by atoms with Gasteiger partial charge in [-0.2, -0.15) is 13.2 Å². The Hall–Kier alpha value is -3.23. The minimum absolute atomic E-state index is 0.216. The van der Waals surface area contributed by atoms with E-state index >= 15 is 0 Å². The molecular formula is C16H11F3N4O2. The first kappa shape index (κ1) is 16.6. The number of aromatic nitrogens is 3. The van der Waals surface area contributed by atoms with Gasteiger partial charge < -0.3 is 5.32 Å². The number of carbonyl (C=O) groups is 1. The van der Waals surface area contributed by atoms with Crippen LogP contribution in [0.5, 0.6) is 0 Å². The van der Waals surface area contributed by atoms with E-state index in [0.717, 1.165) is 23.0 Å². The van der Waals surface area contributed by atoms with E-state index in [1.165, 1.54) is 24.4 Å². The highest BCUT2D eigenvalue weighted by Crippen LogP contribution is 2.34. The van der Waals surface area contributed by atoms with Crippen LogP contribution in [0.4, 0.5) is 18.9 Å². The lowest BCUT2D eigenvalue weighted by Crippen LogP contribution is -2.28. The Bertz CT molecular complexity index is 998. The number of hydrogen-bond acceptors (Lipinski definition) is 4. The third kappa shape index (κ3) is 3.49. The van der Waals surface area contributed by atoms with Crippen molar-refractivity contribution < 1.29 is 18.0 Å². The smallest absolute Gasteiger partial charge is 0.324 e. The van der Waals surface area contributed by atoms with Crippen molar-refractivity contribution in [2.75, 3.05) is 5.32 Å². The summed E-state index contributed by atoms with van der Waals surface area (Å²) in [6.45, 7) is -0.469. The Morgan fingerprint density at radius 2 is 1.88 bits per heavy atom. The zero-order valence-electron chi connectivity index (χ0n) is 12.6. The number of nitrogens with zero attached hydrogens (tertiary/aromatic N) is 3. The van der Waals surface area contributed by atoms with Crippen molar-refractivity contribution in [3.05, 3.63) is 64.8 Å². The Kier molecular flexibility index (Phi) is 4.22. The number of carbonyl (C=O) groups excluding carboxylic acids is 1. The molecule has 25 heavy (non-hydrogen) atoms. The van der Waals surface area contributed by atoms with Crippen LogP contribution < -0.4 is 10.9 Å². The second-order valence-corrected chi connectivity index (χ2v) is 5.14. The molecule has 2 heterocycles. The molecule has 0 radical (unpaired) electrons. The largest absolute Gasteiger partial charge is 0.418 e. The van der Waals surface area contributed by atoms with E-state index in [0.29, 0.717) is 0 Å². The predicted molar refractivity (Wildman–Crippen MR) is 83.9 cm³/mol. The summed E-state index contributed by atoms with van der Waals surface area (Å²) in [4.78, 5) is 32.2. The third-order valence-electron chi connectivity index (χ3n) is 3.42. The van der Waals surface area contributed by atoms with Gasteiger partial charge in [-0.05, 0) is 24.3 Å². The van der Waals surface area contributed by atoms with Gasteiger partial charge >= 0.3 is 6.18 Å². The van der Waals surface area contributed by atoms with Gasteiger partial charge in [0.1, 0.15) is 12.9 Å². The summed E-state index contributed by atoms with van der Waals surface area (Å²) in [6.07, 6.45) is -2.00. The van der Waals surface area contributed by atoms with Gasteiger partial charge in [-0.25, -0.2) is 9.97 Å². The second kappa shape index (κ2) is 6.34. The van der Waals surface area contributed by atoms with E-state index in [9.17, 15) is 22.8 Å². The number of pyridine rings is 1. The van der Waals surface area contributed by atoms with Gasteiger partial charge in [0.2, 0.25) is 5.91 Å². The number of benzene rings is 1. The van der Waals surface area contributed by atoms with Crippen molar-refractivity contribution >= 4 is 22.6 Å². The zero-order chi connectivity index (χ0) is 18.0. The fraction of sp³-hybridized carbons (Fsp3) is 0.125. The first-order valence-corrected chi connectivity index (χ1v) is 7.12. The number of para-hydroxylation sites is 1. The molecule has 0 spiro atoms. The summed E-state index contributed by atoms with van der Waals surface area (Å²) < 4.78 is 39.8. The Morgan fingerprint density at radius 1 is 1.12 bits per heavy atom. The SMILES string of the molecule is O=C(Cn1cnc2ncccc2c1=O)Nc1ccccc1C(F)(F)F. The molecule has 2 aromatic heterocycles. The van der Waals surface area contributed by atoms with Crippen molar-refractivity contribution in [3.8, 4) is 0 Å². The van der Waals surface area contributed by atoms with Crippen LogP contribution in [-0.4, -0.2) is 20.4 Å². The van der Waals surface area contributed by atoms with Gasteiger partial charge in [0.25, 0.3) is 5.56 Å². The van der Waals surface area contributed by atoms with Crippen molar-refractivity contribution in [1.82, 2.24) is 14.5 Å². The van der Waals surface area contributed by atoms with Gasteiger partial charge in [0, 0.05) is 6.20 Å². The third-order valence-corrected chi connectivity index (χ3v) is 3.42. The topological polar surface area (TPSA) is 76.9 Å². The molecule has 0 saturated carbocycles. The van der Waals surface area contributed by atoms with Gasteiger partial charge in [0.05, 0.1) is 16.6 Å². The Morgan fingerprint density at radius 3 is 2.64 bits per heavy atom. The highest BCUT2D eigenvalue weighted by Gasteiger charge is 2.33. The quantitative estimate of drug-likeness (QED) is 0.789.